The van der Waals surface area contributed by atoms with Crippen LogP contribution in [0.1, 0.15) is 36.1 Å². The fourth-order valence-electron chi connectivity index (χ4n) is 2.88. The normalized spacial score (nSPS) is 11.8. The topological polar surface area (TPSA) is 82.6 Å². The van der Waals surface area contributed by atoms with Crippen LogP contribution in [0.15, 0.2) is 53.5 Å². The Hall–Kier alpha value is -1.65. The highest BCUT2D eigenvalue weighted by Gasteiger charge is 2.15. The Labute approximate surface area is 191 Å². The quantitative estimate of drug-likeness (QED) is 0.278. The molecule has 0 aromatic heterocycles. The van der Waals surface area contributed by atoms with Gasteiger partial charge in [0, 0.05) is 26.2 Å². The van der Waals surface area contributed by atoms with E-state index in [-0.39, 0.29) is 35.8 Å². The molecule has 0 aliphatic heterocycles. The van der Waals surface area contributed by atoms with Gasteiger partial charge in [0.05, 0.1) is 5.75 Å². The van der Waals surface area contributed by atoms with Crippen LogP contribution in [0.5, 0.6) is 0 Å². The molecule has 0 atom stereocenters. The summed E-state index contributed by atoms with van der Waals surface area (Å²) >= 11 is 0. The number of halogens is 1. The van der Waals surface area contributed by atoms with Gasteiger partial charge in [0.25, 0.3) is 0 Å². The van der Waals surface area contributed by atoms with Crippen LogP contribution in [0.25, 0.3) is 0 Å². The minimum absolute atomic E-state index is 0. The van der Waals surface area contributed by atoms with Crippen LogP contribution in [-0.4, -0.2) is 27.5 Å². The van der Waals surface area contributed by atoms with Gasteiger partial charge in [0.2, 0.25) is 10.0 Å². The number of hydrogen-bond donors (Lipinski definition) is 3. The Balaban J connectivity index is 0.00000420. The molecule has 8 heteroatoms. The van der Waals surface area contributed by atoms with Gasteiger partial charge in [0.1, 0.15) is 0 Å². The largest absolute Gasteiger partial charge is 0.352 e. The summed E-state index contributed by atoms with van der Waals surface area (Å²) in [4.78, 5) is 4.25. The van der Waals surface area contributed by atoms with Crippen molar-refractivity contribution in [3.63, 3.8) is 0 Å². The number of hydrogen-bond acceptors (Lipinski definition) is 3. The molecule has 0 amide bonds. The third-order valence-electron chi connectivity index (χ3n) is 4.09. The van der Waals surface area contributed by atoms with Crippen molar-refractivity contribution in [3.8, 4) is 0 Å². The van der Waals surface area contributed by atoms with E-state index in [1.165, 1.54) is 11.1 Å². The van der Waals surface area contributed by atoms with Crippen molar-refractivity contribution >= 4 is 40.0 Å². The summed E-state index contributed by atoms with van der Waals surface area (Å²) in [7, 11) is -1.66. The van der Waals surface area contributed by atoms with Gasteiger partial charge >= 0.3 is 0 Å². The first-order valence-corrected chi connectivity index (χ1v) is 11.0. The minimum atomic E-state index is -3.37. The zero-order valence-corrected chi connectivity index (χ0v) is 20.5. The summed E-state index contributed by atoms with van der Waals surface area (Å²) in [5.74, 6) is 0.623. The van der Waals surface area contributed by atoms with Crippen LogP contribution in [0.4, 0.5) is 0 Å². The Bertz CT molecular complexity index is 914. The van der Waals surface area contributed by atoms with Crippen LogP contribution in [-0.2, 0) is 28.9 Å². The van der Waals surface area contributed by atoms with Gasteiger partial charge in [-0.1, -0.05) is 54.1 Å². The number of nitrogens with one attached hydrogen (secondary N) is 3. The molecular formula is C21H31IN4O2S. The second-order valence-electron chi connectivity index (χ2n) is 7.07. The van der Waals surface area contributed by atoms with E-state index in [4.69, 9.17) is 0 Å². The smallest absolute Gasteiger partial charge is 0.216 e. The van der Waals surface area contributed by atoms with Gasteiger partial charge < -0.3 is 10.6 Å². The van der Waals surface area contributed by atoms with E-state index < -0.39 is 10.0 Å². The first-order valence-electron chi connectivity index (χ1n) is 9.36. The summed E-state index contributed by atoms with van der Waals surface area (Å²) in [6.07, 6.45) is 0. The van der Waals surface area contributed by atoms with E-state index in [0.717, 1.165) is 11.1 Å². The van der Waals surface area contributed by atoms with E-state index in [0.29, 0.717) is 19.0 Å². The lowest BCUT2D eigenvalue weighted by Gasteiger charge is -2.15. The number of aliphatic imine (C=N–C) groups is 1. The van der Waals surface area contributed by atoms with Crippen LogP contribution in [0.2, 0.25) is 0 Å². The molecule has 29 heavy (non-hydrogen) atoms. The molecule has 2 aromatic carbocycles. The van der Waals surface area contributed by atoms with Gasteiger partial charge in [-0.3, -0.25) is 4.99 Å². The minimum Gasteiger partial charge on any atom is -0.352 e. The average molecular weight is 530 g/mol. The van der Waals surface area contributed by atoms with Gasteiger partial charge in [-0.05, 0) is 37.5 Å². The summed E-state index contributed by atoms with van der Waals surface area (Å²) in [6, 6.07) is 15.7. The Morgan fingerprint density at radius 2 is 1.66 bits per heavy atom. The molecule has 0 spiro atoms. The maximum absolute atomic E-state index is 12.3. The van der Waals surface area contributed by atoms with Crippen LogP contribution in [0, 0.1) is 6.92 Å². The molecule has 6 nitrogen and oxygen atoms in total. The number of guanidine groups is 1. The average Bonchev–Trinajstić information content (AvgIpc) is 2.61. The standard InChI is InChI=1S/C21H30N4O2S.HI/c1-16(2)25-28(26,27)15-20-11-6-5-10-19(20)14-24-21(22-4)23-13-18-9-7-8-17(3)12-18;/h5-12,16,25H,13-15H2,1-4H3,(H2,22,23,24);1H. The molecule has 0 aliphatic carbocycles. The Morgan fingerprint density at radius 3 is 2.28 bits per heavy atom. The second kappa shape index (κ2) is 12.1. The molecule has 0 unspecified atom stereocenters. The van der Waals surface area contributed by atoms with Crippen molar-refractivity contribution in [1.29, 1.82) is 0 Å². The number of benzene rings is 2. The molecule has 0 heterocycles. The third-order valence-corrected chi connectivity index (χ3v) is 5.61. The van der Waals surface area contributed by atoms with E-state index >= 15 is 0 Å². The molecule has 2 rings (SSSR count). The lowest BCUT2D eigenvalue weighted by molar-refractivity contribution is 0.568. The van der Waals surface area contributed by atoms with Gasteiger partial charge in [0.15, 0.2) is 5.96 Å². The van der Waals surface area contributed by atoms with Gasteiger partial charge in [-0.25, -0.2) is 13.1 Å². The fraction of sp³-hybridized carbons (Fsp3) is 0.381. The summed E-state index contributed by atoms with van der Waals surface area (Å²) in [5, 5.41) is 6.55. The Kier molecular flexibility index (Phi) is 10.6. The molecule has 0 saturated heterocycles. The SMILES string of the molecule is CN=C(NCc1cccc(C)c1)NCc1ccccc1CS(=O)(=O)NC(C)C.I. The summed E-state index contributed by atoms with van der Waals surface area (Å²) in [5.41, 5.74) is 4.09. The summed E-state index contributed by atoms with van der Waals surface area (Å²) < 4.78 is 27.2. The lowest BCUT2D eigenvalue weighted by atomic mass is 10.1. The van der Waals surface area contributed by atoms with Crippen molar-refractivity contribution in [2.75, 3.05) is 7.05 Å². The lowest BCUT2D eigenvalue weighted by Crippen LogP contribution is -2.36. The first-order chi connectivity index (χ1) is 13.3. The molecule has 0 radical (unpaired) electrons. The molecular weight excluding hydrogens is 499 g/mol. The van der Waals surface area contributed by atoms with Crippen molar-refractivity contribution in [2.24, 2.45) is 4.99 Å². The molecule has 0 aliphatic rings. The predicted molar refractivity (Wildman–Crippen MR) is 131 cm³/mol. The van der Waals surface area contributed by atoms with E-state index in [1.54, 1.807) is 7.05 Å². The maximum Gasteiger partial charge on any atom is 0.216 e. The fourth-order valence-corrected chi connectivity index (χ4v) is 4.38. The van der Waals surface area contributed by atoms with Crippen LogP contribution < -0.4 is 15.4 Å². The molecule has 3 N–H and O–H groups in total. The monoisotopic (exact) mass is 530 g/mol. The number of aryl methyl sites for hydroxylation is 1. The predicted octanol–water partition coefficient (Wildman–Crippen LogP) is 3.31. The van der Waals surface area contributed by atoms with Crippen LogP contribution in [0.3, 0.4) is 0 Å². The first kappa shape index (κ1) is 25.4. The van der Waals surface area contributed by atoms with E-state index in [1.807, 2.05) is 44.2 Å². The van der Waals surface area contributed by atoms with Crippen molar-refractivity contribution in [2.45, 2.75) is 45.7 Å². The zero-order chi connectivity index (χ0) is 20.6. The molecule has 0 bridgehead atoms. The van der Waals surface area contributed by atoms with Gasteiger partial charge in [-0.15, -0.1) is 24.0 Å². The van der Waals surface area contributed by atoms with Gasteiger partial charge in [-0.2, -0.15) is 0 Å². The molecule has 2 aromatic rings. The highest BCUT2D eigenvalue weighted by atomic mass is 127. The molecule has 0 saturated carbocycles. The maximum atomic E-state index is 12.3. The second-order valence-corrected chi connectivity index (χ2v) is 8.82. The number of rotatable bonds is 8. The van der Waals surface area contributed by atoms with Crippen molar-refractivity contribution in [1.82, 2.24) is 15.4 Å². The highest BCUT2D eigenvalue weighted by molar-refractivity contribution is 14.0. The summed E-state index contributed by atoms with van der Waals surface area (Å²) in [6.45, 7) is 6.84. The third kappa shape index (κ3) is 9.14. The number of nitrogens with zero attached hydrogens (tertiary/aromatic N) is 1. The van der Waals surface area contributed by atoms with E-state index in [2.05, 4.69) is 45.5 Å². The van der Waals surface area contributed by atoms with Crippen molar-refractivity contribution in [3.05, 3.63) is 70.8 Å². The van der Waals surface area contributed by atoms with Crippen LogP contribution >= 0.6 is 24.0 Å². The highest BCUT2D eigenvalue weighted by Crippen LogP contribution is 2.12. The zero-order valence-electron chi connectivity index (χ0n) is 17.4. The molecule has 160 valence electrons. The number of sulfonamides is 1. The molecule has 0 fully saturated rings. The van der Waals surface area contributed by atoms with Crippen molar-refractivity contribution < 1.29 is 8.42 Å². The Morgan fingerprint density at radius 1 is 1.00 bits per heavy atom. The van der Waals surface area contributed by atoms with E-state index in [9.17, 15) is 8.42 Å².